The zero-order chi connectivity index (χ0) is 14.0. The quantitative estimate of drug-likeness (QED) is 0.844. The lowest BCUT2D eigenvalue weighted by Gasteiger charge is -2.33. The first-order chi connectivity index (χ1) is 8.15. The summed E-state index contributed by atoms with van der Waals surface area (Å²) in [6, 6.07) is 0. The van der Waals surface area contributed by atoms with E-state index in [-0.39, 0.29) is 11.6 Å². The number of amides is 1. The number of hydrogen-bond donors (Lipinski definition) is 1. The van der Waals surface area contributed by atoms with E-state index < -0.39 is 5.60 Å². The molecular weight excluding hydrogens is 228 g/mol. The lowest BCUT2D eigenvalue weighted by atomic mass is 9.93. The lowest BCUT2D eigenvalue weighted by Crippen LogP contribution is -2.45. The highest BCUT2D eigenvalue weighted by molar-refractivity contribution is 5.69. The van der Waals surface area contributed by atoms with Crippen molar-refractivity contribution in [1.29, 1.82) is 0 Å². The molecule has 0 aromatic heterocycles. The topological polar surface area (TPSA) is 55.6 Å². The van der Waals surface area contributed by atoms with Gasteiger partial charge in [0.2, 0.25) is 0 Å². The Morgan fingerprint density at radius 3 is 2.56 bits per heavy atom. The summed E-state index contributed by atoms with van der Waals surface area (Å²) >= 11 is 0. The van der Waals surface area contributed by atoms with E-state index in [0.29, 0.717) is 5.92 Å². The maximum absolute atomic E-state index is 12.2. The molecule has 1 amide bonds. The van der Waals surface area contributed by atoms with Crippen molar-refractivity contribution in [2.75, 3.05) is 13.1 Å². The fraction of sp³-hybridized carbons (Fsp3) is 0.929. The molecule has 4 heteroatoms. The molecule has 1 saturated heterocycles. The van der Waals surface area contributed by atoms with Crippen molar-refractivity contribution < 1.29 is 9.53 Å². The normalized spacial score (nSPS) is 23.2. The third kappa shape index (κ3) is 4.16. The van der Waals surface area contributed by atoms with E-state index >= 15 is 0 Å². The average molecular weight is 256 g/mol. The van der Waals surface area contributed by atoms with Gasteiger partial charge in [-0.1, -0.05) is 0 Å². The number of carbonyl (C=O) groups excluding carboxylic acids is 1. The summed E-state index contributed by atoms with van der Waals surface area (Å²) in [4.78, 5) is 14.0. The number of carbonyl (C=O) groups is 1. The lowest BCUT2D eigenvalue weighted by molar-refractivity contribution is 0.0131. The van der Waals surface area contributed by atoms with Crippen molar-refractivity contribution in [2.24, 2.45) is 11.7 Å². The van der Waals surface area contributed by atoms with Crippen LogP contribution in [-0.2, 0) is 4.74 Å². The van der Waals surface area contributed by atoms with Crippen LogP contribution < -0.4 is 5.73 Å². The van der Waals surface area contributed by atoms with Gasteiger partial charge in [-0.25, -0.2) is 4.79 Å². The molecule has 0 radical (unpaired) electrons. The van der Waals surface area contributed by atoms with Gasteiger partial charge in [0.1, 0.15) is 5.60 Å². The Morgan fingerprint density at radius 2 is 2.06 bits per heavy atom. The van der Waals surface area contributed by atoms with Crippen molar-refractivity contribution in [3.63, 3.8) is 0 Å². The summed E-state index contributed by atoms with van der Waals surface area (Å²) in [5, 5.41) is 0. The fourth-order valence-electron chi connectivity index (χ4n) is 2.63. The molecule has 0 saturated carbocycles. The number of nitrogens with zero attached hydrogens (tertiary/aromatic N) is 1. The monoisotopic (exact) mass is 256 g/mol. The second-order valence-electron chi connectivity index (χ2n) is 6.90. The van der Waals surface area contributed by atoms with Crippen LogP contribution in [0.3, 0.4) is 0 Å². The number of likely N-dealkylation sites (tertiary alicyclic amines) is 1. The average Bonchev–Trinajstić information content (AvgIpc) is 2.48. The Bertz CT molecular complexity index is 295. The van der Waals surface area contributed by atoms with E-state index in [1.807, 2.05) is 25.7 Å². The van der Waals surface area contributed by atoms with Gasteiger partial charge in [-0.15, -0.1) is 0 Å². The van der Waals surface area contributed by atoms with E-state index in [0.717, 1.165) is 32.4 Å². The van der Waals surface area contributed by atoms with E-state index in [2.05, 4.69) is 13.8 Å². The molecule has 0 spiro atoms. The van der Waals surface area contributed by atoms with Gasteiger partial charge in [0.05, 0.1) is 0 Å². The van der Waals surface area contributed by atoms with Crippen molar-refractivity contribution in [3.05, 3.63) is 0 Å². The number of hydrogen-bond acceptors (Lipinski definition) is 3. The van der Waals surface area contributed by atoms with Crippen molar-refractivity contribution in [1.82, 2.24) is 4.90 Å². The molecule has 2 N–H and O–H groups in total. The van der Waals surface area contributed by atoms with Gasteiger partial charge in [0.25, 0.3) is 0 Å². The Balaban J connectivity index is 2.62. The molecule has 0 bridgehead atoms. The summed E-state index contributed by atoms with van der Waals surface area (Å²) in [5.41, 5.74) is 5.01. The van der Waals surface area contributed by atoms with E-state index in [4.69, 9.17) is 10.5 Å². The van der Waals surface area contributed by atoms with Crippen LogP contribution in [-0.4, -0.2) is 35.2 Å². The van der Waals surface area contributed by atoms with Crippen LogP contribution in [0.25, 0.3) is 0 Å². The predicted molar refractivity (Wildman–Crippen MR) is 73.4 cm³/mol. The zero-order valence-corrected chi connectivity index (χ0v) is 12.5. The third-order valence-corrected chi connectivity index (χ3v) is 3.39. The van der Waals surface area contributed by atoms with Crippen LogP contribution in [0.15, 0.2) is 0 Å². The first-order valence-corrected chi connectivity index (χ1v) is 6.86. The molecule has 1 rings (SSSR count). The van der Waals surface area contributed by atoms with Crippen LogP contribution in [0, 0.1) is 5.92 Å². The van der Waals surface area contributed by atoms with Crippen LogP contribution in [0.1, 0.15) is 53.9 Å². The molecule has 1 fully saturated rings. The molecule has 1 aliphatic rings. The highest BCUT2D eigenvalue weighted by atomic mass is 16.6. The maximum Gasteiger partial charge on any atom is 0.410 e. The molecule has 0 aromatic rings. The van der Waals surface area contributed by atoms with Crippen molar-refractivity contribution in [2.45, 2.75) is 65.0 Å². The molecule has 1 heterocycles. The standard InChI is InChI=1S/C14H28N2O2/c1-13(2,3)18-12(17)16-10-11(7-6-8-15)9-14(16,4)5/h11H,6-10,15H2,1-5H3/t11-/m0/s1. The molecule has 1 aliphatic heterocycles. The van der Waals surface area contributed by atoms with Crippen LogP contribution in [0.2, 0.25) is 0 Å². The fourth-order valence-corrected chi connectivity index (χ4v) is 2.63. The van der Waals surface area contributed by atoms with Gasteiger partial charge in [-0.3, -0.25) is 0 Å². The SMILES string of the molecule is CC(C)(C)OC(=O)N1C[C@@H](CCCN)CC1(C)C. The Hall–Kier alpha value is -0.770. The number of ether oxygens (including phenoxy) is 1. The molecule has 0 unspecified atom stereocenters. The molecular formula is C14H28N2O2. The molecule has 106 valence electrons. The van der Waals surface area contributed by atoms with Gasteiger partial charge in [-0.2, -0.15) is 0 Å². The molecule has 0 aromatic carbocycles. The highest BCUT2D eigenvalue weighted by Gasteiger charge is 2.42. The first-order valence-electron chi connectivity index (χ1n) is 6.86. The maximum atomic E-state index is 12.2. The Labute approximate surface area is 111 Å². The molecule has 0 aliphatic carbocycles. The Morgan fingerprint density at radius 1 is 1.44 bits per heavy atom. The minimum absolute atomic E-state index is 0.110. The van der Waals surface area contributed by atoms with Crippen LogP contribution >= 0.6 is 0 Å². The van der Waals surface area contributed by atoms with Crippen molar-refractivity contribution in [3.8, 4) is 0 Å². The molecule has 1 atom stereocenters. The Kier molecular flexibility index (Phi) is 4.65. The van der Waals surface area contributed by atoms with Gasteiger partial charge < -0.3 is 15.4 Å². The predicted octanol–water partition coefficient (Wildman–Crippen LogP) is 2.76. The highest BCUT2D eigenvalue weighted by Crippen LogP contribution is 2.35. The number of nitrogens with two attached hydrogens (primary N) is 1. The minimum atomic E-state index is -0.428. The zero-order valence-electron chi connectivity index (χ0n) is 12.5. The molecule has 18 heavy (non-hydrogen) atoms. The second kappa shape index (κ2) is 5.47. The first kappa shape index (κ1) is 15.3. The molecule has 4 nitrogen and oxygen atoms in total. The van der Waals surface area contributed by atoms with Gasteiger partial charge >= 0.3 is 6.09 Å². The second-order valence-corrected chi connectivity index (χ2v) is 6.90. The van der Waals surface area contributed by atoms with Gasteiger partial charge in [0, 0.05) is 12.1 Å². The minimum Gasteiger partial charge on any atom is -0.444 e. The van der Waals surface area contributed by atoms with E-state index in [1.54, 1.807) is 0 Å². The summed E-state index contributed by atoms with van der Waals surface area (Å²) in [6.07, 6.45) is 2.97. The van der Waals surface area contributed by atoms with Crippen LogP contribution in [0.4, 0.5) is 4.79 Å². The van der Waals surface area contributed by atoms with Crippen LogP contribution in [0.5, 0.6) is 0 Å². The van der Waals surface area contributed by atoms with E-state index in [9.17, 15) is 4.79 Å². The third-order valence-electron chi connectivity index (χ3n) is 3.39. The number of rotatable bonds is 3. The summed E-state index contributed by atoms with van der Waals surface area (Å²) in [6.45, 7) is 11.4. The summed E-state index contributed by atoms with van der Waals surface area (Å²) < 4.78 is 5.47. The van der Waals surface area contributed by atoms with Gasteiger partial charge in [-0.05, 0) is 66.3 Å². The summed E-state index contributed by atoms with van der Waals surface area (Å²) in [5.74, 6) is 0.552. The largest absolute Gasteiger partial charge is 0.444 e. The summed E-state index contributed by atoms with van der Waals surface area (Å²) in [7, 11) is 0. The van der Waals surface area contributed by atoms with Crippen molar-refractivity contribution >= 4 is 6.09 Å². The van der Waals surface area contributed by atoms with E-state index in [1.165, 1.54) is 0 Å². The smallest absolute Gasteiger partial charge is 0.410 e. The van der Waals surface area contributed by atoms with Gasteiger partial charge in [0.15, 0.2) is 0 Å².